The van der Waals surface area contributed by atoms with Gasteiger partial charge in [0.1, 0.15) is 5.01 Å². The Labute approximate surface area is 146 Å². The van der Waals surface area contributed by atoms with Gasteiger partial charge >= 0.3 is 0 Å². The van der Waals surface area contributed by atoms with Gasteiger partial charge in [-0.3, -0.25) is 4.68 Å². The van der Waals surface area contributed by atoms with Crippen molar-refractivity contribution in [1.29, 1.82) is 0 Å². The molecule has 3 heterocycles. The van der Waals surface area contributed by atoms with Crippen LogP contribution < -0.4 is 0 Å². The monoisotopic (exact) mass is 338 g/mol. The van der Waals surface area contributed by atoms with Crippen molar-refractivity contribution in [2.45, 2.75) is 19.4 Å². The molecule has 0 amide bonds. The fourth-order valence-corrected chi connectivity index (χ4v) is 4.12. The van der Waals surface area contributed by atoms with Gasteiger partial charge in [0.05, 0.1) is 5.69 Å². The van der Waals surface area contributed by atoms with Crippen molar-refractivity contribution in [2.24, 2.45) is 5.92 Å². The van der Waals surface area contributed by atoms with Crippen molar-refractivity contribution < 1.29 is 0 Å². The summed E-state index contributed by atoms with van der Waals surface area (Å²) in [7, 11) is 2.21. The van der Waals surface area contributed by atoms with Crippen LogP contribution in [0, 0.1) is 5.92 Å². The third-order valence-electron chi connectivity index (χ3n) is 4.65. The van der Waals surface area contributed by atoms with E-state index in [0.29, 0.717) is 5.92 Å². The molecule has 24 heavy (non-hydrogen) atoms. The van der Waals surface area contributed by atoms with E-state index >= 15 is 0 Å². The summed E-state index contributed by atoms with van der Waals surface area (Å²) in [5, 5.41) is 7.87. The molecule has 0 unspecified atom stereocenters. The summed E-state index contributed by atoms with van der Waals surface area (Å²) in [6.07, 6.45) is 6.56. The molecule has 0 N–H and O–H groups in total. The SMILES string of the molecule is CN1CCC[C@H](Cn2ccc(-c3cccc(-c4nccs4)c3)n2)C1. The highest BCUT2D eigenvalue weighted by Gasteiger charge is 2.18. The fraction of sp³-hybridized carbons (Fsp3) is 0.368. The first-order chi connectivity index (χ1) is 11.8. The predicted molar refractivity (Wildman–Crippen MR) is 99.0 cm³/mol. The number of aromatic nitrogens is 3. The molecule has 0 spiro atoms. The topological polar surface area (TPSA) is 34.0 Å². The summed E-state index contributed by atoms with van der Waals surface area (Å²) < 4.78 is 2.11. The lowest BCUT2D eigenvalue weighted by molar-refractivity contribution is 0.191. The van der Waals surface area contributed by atoms with Crippen LogP contribution in [0.15, 0.2) is 48.1 Å². The van der Waals surface area contributed by atoms with Gasteiger partial charge in [0.25, 0.3) is 0 Å². The van der Waals surface area contributed by atoms with Crippen molar-refractivity contribution in [3.05, 3.63) is 48.1 Å². The number of thiazole rings is 1. The first-order valence-corrected chi connectivity index (χ1v) is 9.38. The van der Waals surface area contributed by atoms with E-state index in [9.17, 15) is 0 Å². The maximum atomic E-state index is 4.80. The Bertz CT molecular complexity index is 793. The Balaban J connectivity index is 1.51. The number of piperidine rings is 1. The molecule has 124 valence electrons. The zero-order chi connectivity index (χ0) is 16.4. The van der Waals surface area contributed by atoms with Crippen LogP contribution in [0.3, 0.4) is 0 Å². The van der Waals surface area contributed by atoms with Crippen molar-refractivity contribution in [3.8, 4) is 21.8 Å². The third-order valence-corrected chi connectivity index (χ3v) is 5.47. The van der Waals surface area contributed by atoms with Crippen LogP contribution >= 0.6 is 11.3 Å². The zero-order valence-electron chi connectivity index (χ0n) is 13.9. The maximum Gasteiger partial charge on any atom is 0.123 e. The largest absolute Gasteiger partial charge is 0.306 e. The van der Waals surface area contributed by atoms with Gasteiger partial charge in [-0.25, -0.2) is 4.98 Å². The quantitative estimate of drug-likeness (QED) is 0.720. The number of nitrogens with zero attached hydrogens (tertiary/aromatic N) is 4. The van der Waals surface area contributed by atoms with Crippen LogP contribution in [0.25, 0.3) is 21.8 Å². The molecule has 0 bridgehead atoms. The second-order valence-corrected chi connectivity index (χ2v) is 7.51. The number of rotatable bonds is 4. The average Bonchev–Trinajstić information content (AvgIpc) is 3.27. The molecular weight excluding hydrogens is 316 g/mol. The lowest BCUT2D eigenvalue weighted by atomic mass is 9.99. The molecule has 0 radical (unpaired) electrons. The van der Waals surface area contributed by atoms with Crippen molar-refractivity contribution in [2.75, 3.05) is 20.1 Å². The van der Waals surface area contributed by atoms with E-state index in [1.165, 1.54) is 25.9 Å². The van der Waals surface area contributed by atoms with Gasteiger partial charge in [-0.2, -0.15) is 5.10 Å². The number of hydrogen-bond donors (Lipinski definition) is 0. The van der Waals surface area contributed by atoms with Crippen LogP contribution in [0.4, 0.5) is 0 Å². The normalized spacial score (nSPS) is 18.8. The van der Waals surface area contributed by atoms with E-state index in [1.807, 2.05) is 11.6 Å². The van der Waals surface area contributed by atoms with Gasteiger partial charge in [-0.05, 0) is 44.5 Å². The van der Waals surface area contributed by atoms with Crippen LogP contribution in [-0.4, -0.2) is 39.8 Å². The Morgan fingerprint density at radius 3 is 3.00 bits per heavy atom. The van der Waals surface area contributed by atoms with Crippen LogP contribution in [0.1, 0.15) is 12.8 Å². The van der Waals surface area contributed by atoms with Crippen LogP contribution in [-0.2, 0) is 6.54 Å². The fourth-order valence-electron chi connectivity index (χ4n) is 3.48. The van der Waals surface area contributed by atoms with E-state index in [2.05, 4.69) is 58.1 Å². The minimum absolute atomic E-state index is 0.707. The summed E-state index contributed by atoms with van der Waals surface area (Å²) >= 11 is 1.67. The summed E-state index contributed by atoms with van der Waals surface area (Å²) in [5.41, 5.74) is 3.35. The van der Waals surface area contributed by atoms with Crippen LogP contribution in [0.5, 0.6) is 0 Å². The van der Waals surface area contributed by atoms with E-state index in [-0.39, 0.29) is 0 Å². The zero-order valence-corrected chi connectivity index (χ0v) is 14.7. The third kappa shape index (κ3) is 3.42. The molecule has 4 rings (SSSR count). The lowest BCUT2D eigenvalue weighted by Gasteiger charge is -2.29. The first-order valence-electron chi connectivity index (χ1n) is 8.50. The van der Waals surface area contributed by atoms with E-state index in [0.717, 1.165) is 28.4 Å². The van der Waals surface area contributed by atoms with E-state index in [1.54, 1.807) is 11.3 Å². The molecule has 1 fully saturated rings. The molecular formula is C19H22N4S. The summed E-state index contributed by atoms with van der Waals surface area (Å²) in [6, 6.07) is 10.6. The van der Waals surface area contributed by atoms with Crippen LogP contribution in [0.2, 0.25) is 0 Å². The highest BCUT2D eigenvalue weighted by atomic mass is 32.1. The minimum atomic E-state index is 0.707. The van der Waals surface area contributed by atoms with Crippen molar-refractivity contribution >= 4 is 11.3 Å². The molecule has 0 saturated carbocycles. The molecule has 1 saturated heterocycles. The standard InChI is InChI=1S/C19H22N4S/c1-22-9-3-4-15(13-22)14-23-10-7-18(21-23)16-5-2-6-17(12-16)19-20-8-11-24-19/h2,5-8,10-12,15H,3-4,9,13-14H2,1H3/t15-/m0/s1. The molecule has 5 heteroatoms. The Morgan fingerprint density at radius 1 is 1.25 bits per heavy atom. The molecule has 0 aliphatic carbocycles. The summed E-state index contributed by atoms with van der Waals surface area (Å²) in [4.78, 5) is 6.83. The summed E-state index contributed by atoms with van der Waals surface area (Å²) in [5.74, 6) is 0.707. The minimum Gasteiger partial charge on any atom is -0.306 e. The van der Waals surface area contributed by atoms with Gasteiger partial charge < -0.3 is 4.90 Å². The molecule has 4 nitrogen and oxygen atoms in total. The van der Waals surface area contributed by atoms with Gasteiger partial charge in [-0.15, -0.1) is 11.3 Å². The Hall–Kier alpha value is -1.98. The second kappa shape index (κ2) is 6.87. The van der Waals surface area contributed by atoms with Crippen molar-refractivity contribution in [1.82, 2.24) is 19.7 Å². The Morgan fingerprint density at radius 2 is 2.17 bits per heavy atom. The average molecular weight is 338 g/mol. The molecule has 1 aliphatic rings. The maximum absolute atomic E-state index is 4.80. The van der Waals surface area contributed by atoms with Crippen molar-refractivity contribution in [3.63, 3.8) is 0 Å². The van der Waals surface area contributed by atoms with Gasteiger partial charge in [0.15, 0.2) is 0 Å². The highest BCUT2D eigenvalue weighted by molar-refractivity contribution is 7.13. The summed E-state index contributed by atoms with van der Waals surface area (Å²) in [6.45, 7) is 3.41. The molecule has 3 aromatic rings. The highest BCUT2D eigenvalue weighted by Crippen LogP contribution is 2.27. The molecule has 2 aromatic heterocycles. The predicted octanol–water partition coefficient (Wildman–Crippen LogP) is 4.02. The second-order valence-electron chi connectivity index (χ2n) is 6.61. The smallest absolute Gasteiger partial charge is 0.123 e. The number of hydrogen-bond acceptors (Lipinski definition) is 4. The molecule has 1 atom stereocenters. The van der Waals surface area contributed by atoms with Gasteiger partial charge in [0, 0.05) is 42.0 Å². The van der Waals surface area contributed by atoms with Gasteiger partial charge in [0.2, 0.25) is 0 Å². The number of benzene rings is 1. The molecule has 1 aliphatic heterocycles. The van der Waals surface area contributed by atoms with E-state index in [4.69, 9.17) is 5.10 Å². The lowest BCUT2D eigenvalue weighted by Crippen LogP contribution is -2.34. The first kappa shape index (κ1) is 15.5. The van der Waals surface area contributed by atoms with E-state index < -0.39 is 0 Å². The Kier molecular flexibility index (Phi) is 4.45. The molecule has 1 aromatic carbocycles. The number of likely N-dealkylation sites (tertiary alicyclic amines) is 1. The van der Waals surface area contributed by atoms with Gasteiger partial charge in [-0.1, -0.05) is 18.2 Å².